The minimum atomic E-state index is -0.831. The molecule has 1 aromatic carbocycles. The maximum atomic E-state index is 10.6. The van der Waals surface area contributed by atoms with E-state index in [0.29, 0.717) is 12.0 Å². The second-order valence-corrected chi connectivity index (χ2v) is 3.53. The number of hydrogen-bond donors (Lipinski definition) is 3. The number of carbonyl (C=O) groups is 1. The van der Waals surface area contributed by atoms with Crippen LogP contribution in [-0.4, -0.2) is 21.3 Å². The van der Waals surface area contributed by atoms with Gasteiger partial charge in [-0.2, -0.15) is 0 Å². The maximum Gasteiger partial charge on any atom is 0.307 e. The number of rotatable bonds is 2. The van der Waals surface area contributed by atoms with Crippen molar-refractivity contribution in [1.29, 1.82) is 0 Å². The molecule has 14 heavy (non-hydrogen) atoms. The van der Waals surface area contributed by atoms with E-state index in [-0.39, 0.29) is 23.3 Å². The first kappa shape index (κ1) is 8.87. The van der Waals surface area contributed by atoms with Crippen LogP contribution in [0.1, 0.15) is 17.9 Å². The third-order valence-corrected chi connectivity index (χ3v) is 2.52. The van der Waals surface area contributed by atoms with Gasteiger partial charge in [0.1, 0.15) is 11.5 Å². The number of phenols is 2. The van der Waals surface area contributed by atoms with E-state index >= 15 is 0 Å². The molecule has 0 aromatic heterocycles. The number of benzene rings is 1. The number of carboxylic acids is 1. The van der Waals surface area contributed by atoms with Gasteiger partial charge in [-0.05, 0) is 18.1 Å². The van der Waals surface area contributed by atoms with Crippen LogP contribution in [0.3, 0.4) is 0 Å². The first-order chi connectivity index (χ1) is 6.59. The van der Waals surface area contributed by atoms with E-state index < -0.39 is 5.97 Å². The highest BCUT2D eigenvalue weighted by atomic mass is 16.4. The molecule has 0 bridgehead atoms. The van der Waals surface area contributed by atoms with Crippen LogP contribution >= 0.6 is 0 Å². The van der Waals surface area contributed by atoms with Crippen molar-refractivity contribution in [1.82, 2.24) is 0 Å². The molecule has 2 atom stereocenters. The van der Waals surface area contributed by atoms with Gasteiger partial charge in [0.25, 0.3) is 0 Å². The highest BCUT2D eigenvalue weighted by molar-refractivity contribution is 5.75. The summed E-state index contributed by atoms with van der Waals surface area (Å²) in [5.74, 6) is -1.36. The van der Waals surface area contributed by atoms with E-state index in [1.807, 2.05) is 0 Å². The zero-order chi connectivity index (χ0) is 10.3. The Labute approximate surface area is 80.4 Å². The van der Waals surface area contributed by atoms with Crippen molar-refractivity contribution < 1.29 is 20.1 Å². The average Bonchev–Trinajstić information content (AvgIpc) is 2.83. The summed E-state index contributed by atoms with van der Waals surface area (Å²) < 4.78 is 0. The Kier molecular flexibility index (Phi) is 1.84. The Hall–Kier alpha value is -1.71. The van der Waals surface area contributed by atoms with Crippen LogP contribution < -0.4 is 0 Å². The Morgan fingerprint density at radius 2 is 2.07 bits per heavy atom. The maximum absolute atomic E-state index is 10.6. The standard InChI is InChI=1S/C10H10O4/c11-5-1-2-6(9(12)3-5)7-4-8(7)10(13)14/h1-3,7-8,11-12H,4H2,(H,13,14). The van der Waals surface area contributed by atoms with Gasteiger partial charge in [-0.1, -0.05) is 6.07 Å². The first-order valence-electron chi connectivity index (χ1n) is 4.34. The summed E-state index contributed by atoms with van der Waals surface area (Å²) in [5.41, 5.74) is 0.607. The second-order valence-electron chi connectivity index (χ2n) is 3.53. The van der Waals surface area contributed by atoms with Crippen molar-refractivity contribution in [2.45, 2.75) is 12.3 Å². The molecular weight excluding hydrogens is 184 g/mol. The molecule has 74 valence electrons. The summed E-state index contributed by atoms with van der Waals surface area (Å²) in [6.07, 6.45) is 0.563. The Morgan fingerprint density at radius 1 is 1.36 bits per heavy atom. The lowest BCUT2D eigenvalue weighted by atomic mass is 10.1. The van der Waals surface area contributed by atoms with Gasteiger partial charge in [0.2, 0.25) is 0 Å². The lowest BCUT2D eigenvalue weighted by Gasteiger charge is -2.02. The normalized spacial score (nSPS) is 24.6. The van der Waals surface area contributed by atoms with Crippen molar-refractivity contribution in [3.05, 3.63) is 23.8 Å². The molecule has 4 heteroatoms. The van der Waals surface area contributed by atoms with Crippen LogP contribution in [0.25, 0.3) is 0 Å². The smallest absolute Gasteiger partial charge is 0.307 e. The topological polar surface area (TPSA) is 77.8 Å². The van der Waals surface area contributed by atoms with Crippen LogP contribution in [-0.2, 0) is 4.79 Å². The number of aliphatic carboxylic acids is 1. The SMILES string of the molecule is O=C(O)C1CC1c1ccc(O)cc1O. The molecule has 0 spiro atoms. The van der Waals surface area contributed by atoms with Gasteiger partial charge in [-0.25, -0.2) is 0 Å². The van der Waals surface area contributed by atoms with Crippen molar-refractivity contribution in [2.24, 2.45) is 5.92 Å². The van der Waals surface area contributed by atoms with Crippen molar-refractivity contribution in [3.8, 4) is 11.5 Å². The number of hydrogen-bond acceptors (Lipinski definition) is 3. The van der Waals surface area contributed by atoms with Gasteiger partial charge in [0.05, 0.1) is 5.92 Å². The van der Waals surface area contributed by atoms with Gasteiger partial charge in [0, 0.05) is 12.0 Å². The summed E-state index contributed by atoms with van der Waals surface area (Å²) in [4.78, 5) is 10.6. The van der Waals surface area contributed by atoms with E-state index in [2.05, 4.69) is 0 Å². The molecule has 3 N–H and O–H groups in total. The summed E-state index contributed by atoms with van der Waals surface area (Å²) >= 11 is 0. The van der Waals surface area contributed by atoms with Crippen molar-refractivity contribution >= 4 is 5.97 Å². The molecule has 0 saturated heterocycles. The predicted molar refractivity (Wildman–Crippen MR) is 48.3 cm³/mol. The van der Waals surface area contributed by atoms with Gasteiger partial charge in [0.15, 0.2) is 0 Å². The summed E-state index contributed by atoms with van der Waals surface area (Å²) in [7, 11) is 0. The minimum absolute atomic E-state index is 0.0150. The zero-order valence-corrected chi connectivity index (χ0v) is 7.34. The predicted octanol–water partition coefficient (Wildman–Crippen LogP) is 1.29. The fourth-order valence-electron chi connectivity index (χ4n) is 1.66. The fourth-order valence-corrected chi connectivity index (χ4v) is 1.66. The molecule has 4 nitrogen and oxygen atoms in total. The zero-order valence-electron chi connectivity index (χ0n) is 7.34. The summed E-state index contributed by atoms with van der Waals surface area (Å²) in [6.45, 7) is 0. The average molecular weight is 194 g/mol. The van der Waals surface area contributed by atoms with Gasteiger partial charge in [-0.15, -0.1) is 0 Å². The number of carboxylic acid groups (broad SMARTS) is 1. The lowest BCUT2D eigenvalue weighted by molar-refractivity contribution is -0.138. The van der Waals surface area contributed by atoms with E-state index in [1.54, 1.807) is 6.07 Å². The van der Waals surface area contributed by atoms with E-state index in [4.69, 9.17) is 10.2 Å². The van der Waals surface area contributed by atoms with Crippen molar-refractivity contribution in [2.75, 3.05) is 0 Å². The Morgan fingerprint density at radius 3 is 2.57 bits per heavy atom. The molecule has 0 radical (unpaired) electrons. The molecule has 0 amide bonds. The monoisotopic (exact) mass is 194 g/mol. The summed E-state index contributed by atoms with van der Waals surface area (Å²) in [5, 5.41) is 27.2. The first-order valence-corrected chi connectivity index (χ1v) is 4.34. The van der Waals surface area contributed by atoms with Crippen LogP contribution in [0.5, 0.6) is 11.5 Å². The molecule has 2 rings (SSSR count). The van der Waals surface area contributed by atoms with Gasteiger partial charge >= 0.3 is 5.97 Å². The highest BCUT2D eigenvalue weighted by Gasteiger charge is 2.45. The van der Waals surface area contributed by atoms with Crippen LogP contribution in [0, 0.1) is 5.92 Å². The van der Waals surface area contributed by atoms with Crippen LogP contribution in [0.2, 0.25) is 0 Å². The van der Waals surface area contributed by atoms with Crippen molar-refractivity contribution in [3.63, 3.8) is 0 Å². The van der Waals surface area contributed by atoms with Gasteiger partial charge < -0.3 is 15.3 Å². The third kappa shape index (κ3) is 1.39. The molecule has 1 aliphatic carbocycles. The van der Waals surface area contributed by atoms with Crippen LogP contribution in [0.4, 0.5) is 0 Å². The number of phenolic OH excluding ortho intramolecular Hbond substituents is 2. The molecule has 2 unspecified atom stereocenters. The van der Waals surface area contributed by atoms with E-state index in [1.165, 1.54) is 12.1 Å². The number of aromatic hydroxyl groups is 2. The largest absolute Gasteiger partial charge is 0.508 e. The quantitative estimate of drug-likeness (QED) is 0.662. The highest BCUT2D eigenvalue weighted by Crippen LogP contribution is 2.50. The second kappa shape index (κ2) is 2.90. The minimum Gasteiger partial charge on any atom is -0.508 e. The van der Waals surface area contributed by atoms with E-state index in [0.717, 1.165) is 0 Å². The third-order valence-electron chi connectivity index (χ3n) is 2.52. The molecular formula is C10H10O4. The Bertz CT molecular complexity index is 386. The molecule has 1 fully saturated rings. The van der Waals surface area contributed by atoms with Crippen LogP contribution in [0.15, 0.2) is 18.2 Å². The molecule has 0 aliphatic heterocycles. The molecule has 1 aliphatic rings. The summed E-state index contributed by atoms with van der Waals surface area (Å²) in [6, 6.07) is 4.25. The molecule has 1 saturated carbocycles. The van der Waals surface area contributed by atoms with Gasteiger partial charge in [-0.3, -0.25) is 4.79 Å². The fraction of sp³-hybridized carbons (Fsp3) is 0.300. The van der Waals surface area contributed by atoms with E-state index in [9.17, 15) is 9.90 Å². The Balaban J connectivity index is 2.23. The molecule has 0 heterocycles. The molecule has 1 aromatic rings. The lowest BCUT2D eigenvalue weighted by Crippen LogP contribution is -1.98.